The van der Waals surface area contributed by atoms with Gasteiger partial charge in [0.15, 0.2) is 0 Å². The minimum absolute atomic E-state index is 0.108. The van der Waals surface area contributed by atoms with Gasteiger partial charge in [-0.05, 0) is 24.0 Å². The summed E-state index contributed by atoms with van der Waals surface area (Å²) >= 11 is 0. The molecular weight excluding hydrogens is 230 g/mol. The molecule has 0 bridgehead atoms. The second-order valence-electron chi connectivity index (χ2n) is 5.06. The second kappa shape index (κ2) is 6.31. The van der Waals surface area contributed by atoms with E-state index in [4.69, 9.17) is 5.11 Å². The Morgan fingerprint density at radius 2 is 1.94 bits per heavy atom. The number of carbonyl (C=O) groups excluding carboxylic acids is 2. The zero-order valence-corrected chi connectivity index (χ0v) is 10.8. The van der Waals surface area contributed by atoms with Crippen LogP contribution in [0.3, 0.4) is 0 Å². The number of hydrogen-bond donors (Lipinski definition) is 2. The third-order valence-corrected chi connectivity index (χ3v) is 2.83. The Hall–Kier alpha value is -1.68. The highest BCUT2D eigenvalue weighted by molar-refractivity contribution is 5.94. The Bertz CT molecular complexity index is 410. The Morgan fingerprint density at radius 1 is 1.33 bits per heavy atom. The van der Waals surface area contributed by atoms with Gasteiger partial charge in [0.1, 0.15) is 6.29 Å². The number of amides is 1. The van der Waals surface area contributed by atoms with Gasteiger partial charge < -0.3 is 10.4 Å². The Labute approximate surface area is 107 Å². The highest BCUT2D eigenvalue weighted by atomic mass is 16.3. The van der Waals surface area contributed by atoms with Crippen LogP contribution in [0.4, 0.5) is 0 Å². The fourth-order valence-electron chi connectivity index (χ4n) is 1.53. The molecule has 0 aliphatic heterocycles. The van der Waals surface area contributed by atoms with Gasteiger partial charge in [-0.3, -0.25) is 9.59 Å². The molecule has 0 saturated heterocycles. The van der Waals surface area contributed by atoms with Crippen molar-refractivity contribution in [3.8, 4) is 0 Å². The van der Waals surface area contributed by atoms with Crippen LogP contribution in [0.5, 0.6) is 0 Å². The number of nitrogens with one attached hydrogen (secondary N) is 1. The van der Waals surface area contributed by atoms with Gasteiger partial charge in [-0.15, -0.1) is 0 Å². The monoisotopic (exact) mass is 249 g/mol. The zero-order valence-electron chi connectivity index (χ0n) is 10.8. The number of benzene rings is 1. The summed E-state index contributed by atoms with van der Waals surface area (Å²) in [6, 6.07) is 6.47. The van der Waals surface area contributed by atoms with E-state index in [9.17, 15) is 9.59 Å². The van der Waals surface area contributed by atoms with Crippen molar-refractivity contribution in [2.24, 2.45) is 5.41 Å². The van der Waals surface area contributed by atoms with Gasteiger partial charge in [-0.1, -0.05) is 26.0 Å². The fraction of sp³-hybridized carbons (Fsp3) is 0.429. The first kappa shape index (κ1) is 14.4. The van der Waals surface area contributed by atoms with E-state index in [1.807, 2.05) is 13.8 Å². The summed E-state index contributed by atoms with van der Waals surface area (Å²) in [5.74, 6) is -0.168. The summed E-state index contributed by atoms with van der Waals surface area (Å²) in [5.41, 5.74) is 0.945. The third kappa shape index (κ3) is 4.30. The van der Waals surface area contributed by atoms with Gasteiger partial charge in [0, 0.05) is 24.3 Å². The Morgan fingerprint density at radius 3 is 2.44 bits per heavy atom. The maximum atomic E-state index is 11.8. The molecule has 0 saturated carbocycles. The minimum atomic E-state index is -0.168. The first-order valence-corrected chi connectivity index (χ1v) is 5.93. The van der Waals surface area contributed by atoms with Crippen molar-refractivity contribution in [1.29, 1.82) is 0 Å². The normalized spacial score (nSPS) is 11.1. The van der Waals surface area contributed by atoms with Crippen molar-refractivity contribution in [2.45, 2.75) is 20.3 Å². The van der Waals surface area contributed by atoms with Gasteiger partial charge in [-0.25, -0.2) is 0 Å². The average Bonchev–Trinajstić information content (AvgIpc) is 2.36. The number of carbonyl (C=O) groups is 2. The molecule has 0 aliphatic rings. The number of hydrogen-bond acceptors (Lipinski definition) is 3. The van der Waals surface area contributed by atoms with Crippen molar-refractivity contribution >= 4 is 12.2 Å². The molecule has 0 aliphatic carbocycles. The van der Waals surface area contributed by atoms with Gasteiger partial charge in [0.25, 0.3) is 5.91 Å². The van der Waals surface area contributed by atoms with E-state index in [-0.39, 0.29) is 17.9 Å². The summed E-state index contributed by atoms with van der Waals surface area (Å²) in [7, 11) is 0. The lowest BCUT2D eigenvalue weighted by Crippen LogP contribution is -2.34. The van der Waals surface area contributed by atoms with Crippen molar-refractivity contribution in [2.75, 3.05) is 13.2 Å². The third-order valence-electron chi connectivity index (χ3n) is 2.83. The van der Waals surface area contributed by atoms with E-state index < -0.39 is 0 Å². The number of aliphatic hydroxyl groups excluding tert-OH is 1. The van der Waals surface area contributed by atoms with Crippen molar-refractivity contribution < 1.29 is 14.7 Å². The van der Waals surface area contributed by atoms with E-state index >= 15 is 0 Å². The first-order valence-electron chi connectivity index (χ1n) is 5.93. The SMILES string of the molecule is CC(C)(CCO)CNC(=O)c1ccc(C=O)cc1. The highest BCUT2D eigenvalue weighted by Crippen LogP contribution is 2.18. The summed E-state index contributed by atoms with van der Waals surface area (Å²) in [6.07, 6.45) is 1.38. The van der Waals surface area contributed by atoms with Crippen molar-refractivity contribution in [3.63, 3.8) is 0 Å². The van der Waals surface area contributed by atoms with Crippen LogP contribution in [0.25, 0.3) is 0 Å². The lowest BCUT2D eigenvalue weighted by atomic mass is 9.89. The molecule has 0 radical (unpaired) electrons. The van der Waals surface area contributed by atoms with Crippen LogP contribution < -0.4 is 5.32 Å². The van der Waals surface area contributed by atoms with E-state index in [2.05, 4.69) is 5.32 Å². The topological polar surface area (TPSA) is 66.4 Å². The van der Waals surface area contributed by atoms with Crippen LogP contribution in [0.15, 0.2) is 24.3 Å². The van der Waals surface area contributed by atoms with E-state index in [0.717, 1.165) is 6.29 Å². The van der Waals surface area contributed by atoms with Crippen LogP contribution in [-0.4, -0.2) is 30.5 Å². The lowest BCUT2D eigenvalue weighted by Gasteiger charge is -2.23. The molecule has 0 atom stereocenters. The Balaban J connectivity index is 2.57. The number of rotatable bonds is 6. The summed E-state index contributed by atoms with van der Waals surface area (Å²) in [4.78, 5) is 22.3. The van der Waals surface area contributed by atoms with Crippen LogP contribution in [0.2, 0.25) is 0 Å². The summed E-state index contributed by atoms with van der Waals surface area (Å²) in [6.45, 7) is 4.58. The van der Waals surface area contributed by atoms with Gasteiger partial charge in [0.05, 0.1) is 0 Å². The molecule has 0 spiro atoms. The molecule has 98 valence electrons. The summed E-state index contributed by atoms with van der Waals surface area (Å²) < 4.78 is 0. The van der Waals surface area contributed by atoms with Crippen LogP contribution >= 0.6 is 0 Å². The number of aliphatic hydroxyl groups is 1. The minimum Gasteiger partial charge on any atom is -0.396 e. The molecule has 0 aromatic heterocycles. The Kier molecular flexibility index (Phi) is 5.04. The maximum Gasteiger partial charge on any atom is 0.251 e. The number of aldehydes is 1. The molecule has 0 unspecified atom stereocenters. The molecule has 1 aromatic carbocycles. The quantitative estimate of drug-likeness (QED) is 0.753. The smallest absolute Gasteiger partial charge is 0.251 e. The molecule has 0 heterocycles. The fourth-order valence-corrected chi connectivity index (χ4v) is 1.53. The largest absolute Gasteiger partial charge is 0.396 e. The van der Waals surface area contributed by atoms with Crippen molar-refractivity contribution in [1.82, 2.24) is 5.32 Å². The second-order valence-corrected chi connectivity index (χ2v) is 5.06. The van der Waals surface area contributed by atoms with Gasteiger partial charge in [0.2, 0.25) is 0 Å². The van der Waals surface area contributed by atoms with E-state index in [1.165, 1.54) is 0 Å². The molecule has 1 rings (SSSR count). The highest BCUT2D eigenvalue weighted by Gasteiger charge is 2.18. The van der Waals surface area contributed by atoms with Crippen LogP contribution in [0, 0.1) is 5.41 Å². The van der Waals surface area contributed by atoms with Crippen molar-refractivity contribution in [3.05, 3.63) is 35.4 Å². The zero-order chi connectivity index (χ0) is 13.6. The standard InChI is InChI=1S/C14H19NO3/c1-14(2,7-8-16)10-15-13(18)12-5-3-11(9-17)4-6-12/h3-6,9,16H,7-8,10H2,1-2H3,(H,15,18). The van der Waals surface area contributed by atoms with E-state index in [1.54, 1.807) is 24.3 Å². The molecule has 1 aromatic rings. The van der Waals surface area contributed by atoms with Gasteiger partial charge >= 0.3 is 0 Å². The first-order chi connectivity index (χ1) is 8.48. The summed E-state index contributed by atoms with van der Waals surface area (Å²) in [5, 5.41) is 11.7. The molecule has 1 amide bonds. The van der Waals surface area contributed by atoms with E-state index in [0.29, 0.717) is 24.1 Å². The lowest BCUT2D eigenvalue weighted by molar-refractivity contribution is 0.0927. The van der Waals surface area contributed by atoms with Crippen LogP contribution in [0.1, 0.15) is 41.0 Å². The average molecular weight is 249 g/mol. The molecular formula is C14H19NO3. The maximum absolute atomic E-state index is 11.8. The van der Waals surface area contributed by atoms with Crippen LogP contribution in [-0.2, 0) is 0 Å². The molecule has 2 N–H and O–H groups in total. The molecule has 18 heavy (non-hydrogen) atoms. The van der Waals surface area contributed by atoms with Gasteiger partial charge in [-0.2, -0.15) is 0 Å². The predicted octanol–water partition coefficient (Wildman–Crippen LogP) is 1.64. The molecule has 4 heteroatoms. The molecule has 0 fully saturated rings. The molecule has 4 nitrogen and oxygen atoms in total. The predicted molar refractivity (Wildman–Crippen MR) is 69.6 cm³/mol.